The van der Waals surface area contributed by atoms with Gasteiger partial charge >= 0.3 is 11.9 Å². The van der Waals surface area contributed by atoms with Crippen LogP contribution in [0.4, 0.5) is 0 Å². The molecule has 1 atom stereocenters. The topological polar surface area (TPSA) is 63.6 Å². The Morgan fingerprint density at radius 2 is 1.93 bits per heavy atom. The van der Waals surface area contributed by atoms with Crippen molar-refractivity contribution in [2.45, 2.75) is 19.4 Å². The Balaban J connectivity index is 2.67. The van der Waals surface area contributed by atoms with Crippen LogP contribution in [0.25, 0.3) is 0 Å². The van der Waals surface area contributed by atoms with E-state index in [1.165, 1.54) is 6.92 Å². The van der Waals surface area contributed by atoms with Crippen LogP contribution < -0.4 is 0 Å². The van der Waals surface area contributed by atoms with E-state index in [1.54, 1.807) is 12.1 Å². The summed E-state index contributed by atoms with van der Waals surface area (Å²) in [6.07, 6.45) is -0.916. The van der Waals surface area contributed by atoms with Crippen molar-refractivity contribution in [1.82, 2.24) is 0 Å². The Bertz CT molecular complexity index is 345. The third kappa shape index (κ3) is 3.81. The van der Waals surface area contributed by atoms with E-state index in [9.17, 15) is 9.59 Å². The molecule has 0 bridgehead atoms. The van der Waals surface area contributed by atoms with Crippen LogP contribution in [0.3, 0.4) is 0 Å². The minimum atomic E-state index is -1.13. The molecule has 1 rings (SSSR count). The van der Waals surface area contributed by atoms with Crippen molar-refractivity contribution in [2.24, 2.45) is 0 Å². The molecule has 0 aliphatic carbocycles. The highest BCUT2D eigenvalue weighted by Crippen LogP contribution is 2.06. The first-order chi connectivity index (χ1) is 7.09. The van der Waals surface area contributed by atoms with Gasteiger partial charge in [0.1, 0.15) is 0 Å². The number of hydrogen-bond acceptors (Lipinski definition) is 3. The summed E-state index contributed by atoms with van der Waals surface area (Å²) < 4.78 is 4.68. The van der Waals surface area contributed by atoms with Gasteiger partial charge in [0.25, 0.3) is 0 Å². The molecule has 4 heteroatoms. The highest BCUT2D eigenvalue weighted by Gasteiger charge is 2.20. The second kappa shape index (κ2) is 5.14. The number of hydrogen-bond donors (Lipinski definition) is 1. The predicted octanol–water partition coefficient (Wildman–Crippen LogP) is 1.25. The van der Waals surface area contributed by atoms with E-state index >= 15 is 0 Å². The van der Waals surface area contributed by atoms with Crippen LogP contribution in [0, 0.1) is 0 Å². The van der Waals surface area contributed by atoms with Gasteiger partial charge in [0.15, 0.2) is 0 Å². The molecule has 1 aromatic rings. The molecule has 0 fully saturated rings. The third-order valence-electron chi connectivity index (χ3n) is 1.85. The summed E-state index contributed by atoms with van der Waals surface area (Å²) in [4.78, 5) is 21.4. The Labute approximate surface area is 87.5 Å². The second-order valence-corrected chi connectivity index (χ2v) is 3.13. The number of carbonyl (C=O) groups excluding carboxylic acids is 1. The van der Waals surface area contributed by atoms with Gasteiger partial charge < -0.3 is 9.84 Å². The predicted molar refractivity (Wildman–Crippen MR) is 53.3 cm³/mol. The molecule has 0 amide bonds. The van der Waals surface area contributed by atoms with Gasteiger partial charge in [0, 0.05) is 13.3 Å². The Morgan fingerprint density at radius 3 is 2.40 bits per heavy atom. The molecule has 0 radical (unpaired) electrons. The Morgan fingerprint density at radius 1 is 1.33 bits per heavy atom. The number of benzene rings is 1. The molecule has 0 saturated heterocycles. The molecule has 0 aliphatic heterocycles. The van der Waals surface area contributed by atoms with Gasteiger partial charge in [0.2, 0.25) is 6.10 Å². The maximum Gasteiger partial charge on any atom is 0.345 e. The lowest BCUT2D eigenvalue weighted by Crippen LogP contribution is -2.28. The average Bonchev–Trinajstić information content (AvgIpc) is 2.17. The smallest absolute Gasteiger partial charge is 0.345 e. The number of carboxylic acid groups (broad SMARTS) is 1. The molecule has 15 heavy (non-hydrogen) atoms. The fourth-order valence-electron chi connectivity index (χ4n) is 1.21. The average molecular weight is 208 g/mol. The van der Waals surface area contributed by atoms with Crippen LogP contribution in [0.1, 0.15) is 12.5 Å². The van der Waals surface area contributed by atoms with Gasteiger partial charge in [-0.1, -0.05) is 30.3 Å². The van der Waals surface area contributed by atoms with Gasteiger partial charge in [0.05, 0.1) is 0 Å². The maximum atomic E-state index is 10.8. The van der Waals surface area contributed by atoms with E-state index in [4.69, 9.17) is 5.11 Å². The zero-order valence-electron chi connectivity index (χ0n) is 8.34. The largest absolute Gasteiger partial charge is 0.478 e. The van der Waals surface area contributed by atoms with Crippen LogP contribution in [0.2, 0.25) is 0 Å². The maximum absolute atomic E-state index is 10.8. The number of aliphatic carboxylic acids is 1. The molecular formula is C11H12O4. The fourth-order valence-corrected chi connectivity index (χ4v) is 1.21. The third-order valence-corrected chi connectivity index (χ3v) is 1.85. The number of esters is 1. The van der Waals surface area contributed by atoms with Crippen molar-refractivity contribution < 1.29 is 19.4 Å². The van der Waals surface area contributed by atoms with Gasteiger partial charge in [-0.05, 0) is 5.56 Å². The van der Waals surface area contributed by atoms with E-state index in [0.29, 0.717) is 0 Å². The molecule has 0 spiro atoms. The highest BCUT2D eigenvalue weighted by molar-refractivity contribution is 5.77. The minimum Gasteiger partial charge on any atom is -0.478 e. The molecule has 0 heterocycles. The zero-order valence-corrected chi connectivity index (χ0v) is 8.34. The van der Waals surface area contributed by atoms with Crippen molar-refractivity contribution in [1.29, 1.82) is 0 Å². The van der Waals surface area contributed by atoms with Gasteiger partial charge in [-0.2, -0.15) is 0 Å². The molecule has 0 aromatic heterocycles. The van der Waals surface area contributed by atoms with E-state index in [-0.39, 0.29) is 6.42 Å². The number of carboxylic acids is 1. The SMILES string of the molecule is CC(=O)O[C@H](Cc1ccccc1)C(=O)O. The Hall–Kier alpha value is -1.84. The van der Waals surface area contributed by atoms with Gasteiger partial charge in [-0.15, -0.1) is 0 Å². The van der Waals surface area contributed by atoms with Crippen LogP contribution in [-0.4, -0.2) is 23.1 Å². The summed E-state index contributed by atoms with van der Waals surface area (Å²) in [5.41, 5.74) is 0.825. The number of ether oxygens (including phenoxy) is 1. The van der Waals surface area contributed by atoms with Crippen LogP contribution in [-0.2, 0) is 20.7 Å². The first-order valence-electron chi connectivity index (χ1n) is 4.53. The van der Waals surface area contributed by atoms with Crippen LogP contribution in [0.15, 0.2) is 30.3 Å². The Kier molecular flexibility index (Phi) is 3.85. The van der Waals surface area contributed by atoms with E-state index in [2.05, 4.69) is 4.74 Å². The molecule has 80 valence electrons. The zero-order chi connectivity index (χ0) is 11.3. The second-order valence-electron chi connectivity index (χ2n) is 3.13. The summed E-state index contributed by atoms with van der Waals surface area (Å²) in [7, 11) is 0. The van der Waals surface area contributed by atoms with Gasteiger partial charge in [-0.3, -0.25) is 4.79 Å². The molecule has 0 saturated carbocycles. The monoisotopic (exact) mass is 208 g/mol. The minimum absolute atomic E-state index is 0.190. The first kappa shape index (κ1) is 11.2. The van der Waals surface area contributed by atoms with Crippen molar-refractivity contribution in [2.75, 3.05) is 0 Å². The molecule has 0 aliphatic rings. The van der Waals surface area contributed by atoms with E-state index in [1.807, 2.05) is 18.2 Å². The highest BCUT2D eigenvalue weighted by atomic mass is 16.6. The summed E-state index contributed by atoms with van der Waals surface area (Å²) in [5, 5.41) is 8.81. The summed E-state index contributed by atoms with van der Waals surface area (Å²) in [6.45, 7) is 1.20. The first-order valence-corrected chi connectivity index (χ1v) is 4.53. The number of rotatable bonds is 4. The normalized spacial score (nSPS) is 11.8. The molecule has 1 N–H and O–H groups in total. The lowest BCUT2D eigenvalue weighted by molar-refractivity contribution is -0.162. The molecule has 4 nitrogen and oxygen atoms in total. The summed E-state index contributed by atoms with van der Waals surface area (Å²) in [6, 6.07) is 9.04. The summed E-state index contributed by atoms with van der Waals surface area (Å²) >= 11 is 0. The van der Waals surface area contributed by atoms with Crippen molar-refractivity contribution >= 4 is 11.9 Å². The molecule has 0 unspecified atom stereocenters. The lowest BCUT2D eigenvalue weighted by Gasteiger charge is -2.12. The quantitative estimate of drug-likeness (QED) is 0.756. The van der Waals surface area contributed by atoms with Crippen LogP contribution in [0.5, 0.6) is 0 Å². The number of carbonyl (C=O) groups is 2. The summed E-state index contributed by atoms with van der Waals surface area (Å²) in [5.74, 6) is -1.72. The lowest BCUT2D eigenvalue weighted by atomic mass is 10.1. The van der Waals surface area contributed by atoms with E-state index in [0.717, 1.165) is 5.56 Å². The molecule has 1 aromatic carbocycles. The van der Waals surface area contributed by atoms with Crippen LogP contribution >= 0.6 is 0 Å². The molecular weight excluding hydrogens is 196 g/mol. The van der Waals surface area contributed by atoms with Crippen molar-refractivity contribution in [3.8, 4) is 0 Å². The fraction of sp³-hybridized carbons (Fsp3) is 0.273. The van der Waals surface area contributed by atoms with E-state index < -0.39 is 18.0 Å². The van der Waals surface area contributed by atoms with Crippen molar-refractivity contribution in [3.63, 3.8) is 0 Å². The van der Waals surface area contributed by atoms with Crippen molar-refractivity contribution in [3.05, 3.63) is 35.9 Å². The van der Waals surface area contributed by atoms with Gasteiger partial charge in [-0.25, -0.2) is 4.79 Å². The standard InChI is InChI=1S/C11H12O4/c1-8(12)15-10(11(13)14)7-9-5-3-2-4-6-9/h2-6,10H,7H2,1H3,(H,13,14)/t10-/m1/s1.